The van der Waals surface area contributed by atoms with Crippen molar-refractivity contribution in [1.29, 1.82) is 0 Å². The Kier molecular flexibility index (Phi) is 8.43. The summed E-state index contributed by atoms with van der Waals surface area (Å²) in [6.45, 7) is 8.00. The number of phenols is 1. The van der Waals surface area contributed by atoms with Gasteiger partial charge in [0.05, 0.1) is 18.1 Å². The molecule has 2 unspecified atom stereocenters. The lowest BCUT2D eigenvalue weighted by Crippen LogP contribution is -2.61. The maximum absolute atomic E-state index is 13.8. The first-order valence-corrected chi connectivity index (χ1v) is 12.9. The molecule has 210 valence electrons. The lowest BCUT2D eigenvalue weighted by Gasteiger charge is -2.48. The van der Waals surface area contributed by atoms with Crippen LogP contribution in [0.15, 0.2) is 23.5 Å². The molecule has 3 rings (SSSR count). The van der Waals surface area contributed by atoms with E-state index in [-0.39, 0.29) is 35.1 Å². The molecule has 2 aliphatic carbocycles. The summed E-state index contributed by atoms with van der Waals surface area (Å²) in [6.07, 6.45) is 0.360. The zero-order chi connectivity index (χ0) is 28.7. The first-order chi connectivity index (χ1) is 17.6. The number of nitrogens with two attached hydrogens (primary N) is 1. The minimum atomic E-state index is -2.63. The van der Waals surface area contributed by atoms with Gasteiger partial charge in [-0.15, -0.1) is 0 Å². The number of amides is 1. The molecule has 0 saturated heterocycles. The van der Waals surface area contributed by atoms with Crippen molar-refractivity contribution in [3.05, 3.63) is 40.2 Å². The van der Waals surface area contributed by atoms with Crippen LogP contribution in [0.25, 0.3) is 0 Å². The number of nitrogens with zero attached hydrogens (tertiary/aromatic N) is 1. The number of phenolic OH excluding ortho intramolecular Hbond substituents is 1. The van der Waals surface area contributed by atoms with E-state index in [1.165, 1.54) is 6.92 Å². The van der Waals surface area contributed by atoms with Crippen LogP contribution in [0.2, 0.25) is 0 Å². The highest BCUT2D eigenvalue weighted by atomic mass is 16.3. The van der Waals surface area contributed by atoms with Gasteiger partial charge in [-0.25, -0.2) is 0 Å². The maximum atomic E-state index is 13.8. The van der Waals surface area contributed by atoms with E-state index in [4.69, 9.17) is 5.73 Å². The van der Waals surface area contributed by atoms with E-state index in [1.54, 1.807) is 31.1 Å². The van der Waals surface area contributed by atoms with Gasteiger partial charge in [0.25, 0.3) is 0 Å². The molecule has 10 heteroatoms. The molecule has 1 amide bonds. The number of hydrogen-bond donors (Lipinski definition) is 6. The van der Waals surface area contributed by atoms with Crippen molar-refractivity contribution in [3.8, 4) is 5.75 Å². The number of nitrogens with one attached hydrogen (secondary N) is 1. The van der Waals surface area contributed by atoms with Crippen molar-refractivity contribution in [2.45, 2.75) is 58.7 Å². The zero-order valence-corrected chi connectivity index (χ0v) is 23.0. The topological polar surface area (TPSA) is 173 Å². The molecule has 0 saturated carbocycles. The summed E-state index contributed by atoms with van der Waals surface area (Å²) in [5, 5.41) is 47.7. The van der Waals surface area contributed by atoms with E-state index in [2.05, 4.69) is 26.1 Å². The fourth-order valence-electron chi connectivity index (χ4n) is 5.71. The van der Waals surface area contributed by atoms with Crippen LogP contribution in [-0.4, -0.2) is 81.7 Å². The van der Waals surface area contributed by atoms with Crippen molar-refractivity contribution in [3.63, 3.8) is 0 Å². The second-order valence-electron chi connectivity index (χ2n) is 12.1. The van der Waals surface area contributed by atoms with E-state index >= 15 is 0 Å². The molecule has 2 aliphatic rings. The summed E-state index contributed by atoms with van der Waals surface area (Å²) >= 11 is 0. The summed E-state index contributed by atoms with van der Waals surface area (Å²) in [4.78, 5) is 40.8. The number of benzene rings is 1. The number of ketones is 2. The van der Waals surface area contributed by atoms with Gasteiger partial charge in [0.2, 0.25) is 5.91 Å². The largest absolute Gasteiger partial charge is 0.508 e. The van der Waals surface area contributed by atoms with Gasteiger partial charge in [-0.1, -0.05) is 32.9 Å². The number of carbonyl (C=O) groups excluding carboxylic acids is 3. The molecule has 0 fully saturated rings. The molecular weight excluding hydrogens is 490 g/mol. The van der Waals surface area contributed by atoms with E-state index in [1.807, 2.05) is 0 Å². The molecule has 7 N–H and O–H groups in total. The molecular formula is C28H41N3O7. The number of aliphatic hydroxyl groups is 3. The van der Waals surface area contributed by atoms with Crippen molar-refractivity contribution >= 4 is 17.5 Å². The molecule has 0 aromatic heterocycles. The molecule has 0 aliphatic heterocycles. The van der Waals surface area contributed by atoms with Crippen LogP contribution < -0.4 is 11.1 Å². The third-order valence-corrected chi connectivity index (χ3v) is 7.87. The predicted octanol–water partition coefficient (Wildman–Crippen LogP) is 1.06. The lowest BCUT2D eigenvalue weighted by atomic mass is 9.60. The summed E-state index contributed by atoms with van der Waals surface area (Å²) < 4.78 is 0. The van der Waals surface area contributed by atoms with Gasteiger partial charge >= 0.3 is 0 Å². The molecule has 0 radical (unpaired) electrons. The molecule has 38 heavy (non-hydrogen) atoms. The van der Waals surface area contributed by atoms with Gasteiger partial charge in [0, 0.05) is 36.2 Å². The number of Topliss-reactive ketones (excluding diaryl/α,β-unsaturated/α-hetero) is 2. The van der Waals surface area contributed by atoms with E-state index < -0.39 is 59.2 Å². The molecule has 5 atom stereocenters. The first kappa shape index (κ1) is 29.8. The Balaban J connectivity index is 2.13. The Hall–Kier alpha value is -2.79. The van der Waals surface area contributed by atoms with Crippen LogP contribution in [0.4, 0.5) is 0 Å². The normalized spacial score (nSPS) is 25.1. The molecule has 0 spiro atoms. The Bertz CT molecular complexity index is 1150. The van der Waals surface area contributed by atoms with Gasteiger partial charge < -0.3 is 36.4 Å². The number of carbonyl (C=O) groups is 3. The number of rotatable bonds is 9. The van der Waals surface area contributed by atoms with E-state index in [0.29, 0.717) is 24.2 Å². The Morgan fingerprint density at radius 3 is 2.39 bits per heavy atom. The van der Waals surface area contributed by atoms with Crippen molar-refractivity contribution < 1.29 is 34.8 Å². The second-order valence-corrected chi connectivity index (χ2v) is 12.1. The van der Waals surface area contributed by atoms with Gasteiger partial charge in [-0.2, -0.15) is 0 Å². The number of likely N-dealkylation sites (N-methyl/N-ethyl adjacent to an activating group) is 1. The number of fused-ring (bicyclic) bond motifs is 2. The van der Waals surface area contributed by atoms with Crippen LogP contribution in [-0.2, 0) is 22.6 Å². The first-order valence-electron chi connectivity index (χ1n) is 12.9. The van der Waals surface area contributed by atoms with Gasteiger partial charge in [-0.05, 0) is 50.8 Å². The van der Waals surface area contributed by atoms with Gasteiger partial charge in [-0.3, -0.25) is 14.4 Å². The summed E-state index contributed by atoms with van der Waals surface area (Å²) in [7, 11) is 3.32. The smallest absolute Gasteiger partial charge is 0.227 e. The van der Waals surface area contributed by atoms with Gasteiger partial charge in [0.1, 0.15) is 11.5 Å². The lowest BCUT2D eigenvalue weighted by molar-refractivity contribution is -0.155. The number of allylic oxidation sites excluding steroid dienone is 1. The third-order valence-electron chi connectivity index (χ3n) is 7.87. The van der Waals surface area contributed by atoms with Crippen molar-refractivity contribution in [2.75, 3.05) is 27.2 Å². The van der Waals surface area contributed by atoms with Crippen LogP contribution in [0.1, 0.15) is 55.6 Å². The predicted molar refractivity (Wildman–Crippen MR) is 141 cm³/mol. The molecule has 1 aromatic rings. The Morgan fingerprint density at radius 1 is 1.24 bits per heavy atom. The highest BCUT2D eigenvalue weighted by molar-refractivity contribution is 6.15. The van der Waals surface area contributed by atoms with Crippen LogP contribution in [0.3, 0.4) is 0 Å². The highest BCUT2D eigenvalue weighted by Gasteiger charge is 2.59. The van der Waals surface area contributed by atoms with Crippen LogP contribution >= 0.6 is 0 Å². The summed E-state index contributed by atoms with van der Waals surface area (Å²) in [5.74, 6) is -6.82. The zero-order valence-electron chi connectivity index (χ0n) is 23.0. The van der Waals surface area contributed by atoms with Crippen molar-refractivity contribution in [2.24, 2.45) is 28.9 Å². The number of aliphatic hydroxyl groups excluding tert-OH is 2. The number of hydrogen-bond acceptors (Lipinski definition) is 9. The number of primary amides is 1. The fourth-order valence-corrected chi connectivity index (χ4v) is 5.71. The minimum absolute atomic E-state index is 0.0140. The van der Waals surface area contributed by atoms with Crippen LogP contribution in [0.5, 0.6) is 5.75 Å². The quantitative estimate of drug-likeness (QED) is 0.255. The monoisotopic (exact) mass is 531 g/mol. The Morgan fingerprint density at radius 2 is 1.87 bits per heavy atom. The van der Waals surface area contributed by atoms with E-state index in [9.17, 15) is 34.8 Å². The summed E-state index contributed by atoms with van der Waals surface area (Å²) in [6, 6.07) is 2.77. The summed E-state index contributed by atoms with van der Waals surface area (Å²) in [5.41, 5.74) is 3.71. The van der Waals surface area contributed by atoms with Gasteiger partial charge in [0.15, 0.2) is 17.2 Å². The number of aromatic hydroxyl groups is 1. The average molecular weight is 532 g/mol. The van der Waals surface area contributed by atoms with Crippen molar-refractivity contribution in [1.82, 2.24) is 10.2 Å². The standard InChI is InChI=1S/C28H41N3O7/c1-14(26(29)37)24(35)28(38)18(19(12-32)31(5)6)10-17-9-15-7-8-16(11-30-13-27(2,3)4)22(33)20(15)23(34)21(17)25(28)36/h7-8,14,17-19,30,32-33,36,38H,9-13H2,1-6H3,(H2,29,37)/t14?,17-,18-,19?,28+/m0/s1. The van der Waals surface area contributed by atoms with Crippen LogP contribution in [0, 0.1) is 23.2 Å². The fraction of sp³-hybridized carbons (Fsp3) is 0.607. The Labute approximate surface area is 223 Å². The average Bonchev–Trinajstić information content (AvgIpc) is 2.81. The molecule has 0 heterocycles. The highest BCUT2D eigenvalue weighted by Crippen LogP contribution is 2.49. The maximum Gasteiger partial charge on any atom is 0.227 e. The molecule has 10 nitrogen and oxygen atoms in total. The third kappa shape index (κ3) is 5.22. The molecule has 1 aromatic carbocycles. The SMILES string of the molecule is CC(C(N)=O)C(=O)[C@@]1(O)C(O)=C2C(=O)c3c(ccc(CNCC(C)(C)C)c3O)C[C@H]2C[C@H]1C(CO)N(C)C. The minimum Gasteiger partial charge on any atom is -0.508 e. The van der Waals surface area contributed by atoms with E-state index in [0.717, 1.165) is 0 Å². The second kappa shape index (κ2) is 10.8. The molecule has 0 bridgehead atoms.